The van der Waals surface area contributed by atoms with E-state index in [1.54, 1.807) is 6.08 Å². The fourth-order valence-corrected chi connectivity index (χ4v) is 5.92. The SMILES string of the molecule is O=C1C=Cc2cccc3c(I)c4c(c1c23)[C@@](O)(c1ccccc1)c1ccccc1-4. The van der Waals surface area contributed by atoms with Crippen LogP contribution in [0, 0.1) is 3.57 Å². The number of halogens is 1. The lowest BCUT2D eigenvalue weighted by atomic mass is 9.78. The Morgan fingerprint density at radius 2 is 1.55 bits per heavy atom. The molecule has 1 atom stereocenters. The van der Waals surface area contributed by atoms with E-state index in [0.29, 0.717) is 11.1 Å². The van der Waals surface area contributed by atoms with Crippen LogP contribution in [0.3, 0.4) is 0 Å². The van der Waals surface area contributed by atoms with E-state index in [1.807, 2.05) is 72.8 Å². The lowest BCUT2D eigenvalue weighted by Gasteiger charge is -2.29. The van der Waals surface area contributed by atoms with Gasteiger partial charge in [0.25, 0.3) is 0 Å². The summed E-state index contributed by atoms with van der Waals surface area (Å²) in [6.07, 6.45) is 3.50. The minimum absolute atomic E-state index is 0.0523. The van der Waals surface area contributed by atoms with Crippen molar-refractivity contribution in [1.29, 1.82) is 0 Å². The van der Waals surface area contributed by atoms with Gasteiger partial charge in [0, 0.05) is 31.2 Å². The number of hydrogen-bond donors (Lipinski definition) is 1. The highest BCUT2D eigenvalue weighted by Crippen LogP contribution is 2.56. The van der Waals surface area contributed by atoms with Crippen molar-refractivity contribution < 1.29 is 9.90 Å². The van der Waals surface area contributed by atoms with Crippen LogP contribution in [0.2, 0.25) is 0 Å². The minimum Gasteiger partial charge on any atom is -0.376 e. The summed E-state index contributed by atoms with van der Waals surface area (Å²) < 4.78 is 1.07. The molecule has 0 aromatic heterocycles. The highest BCUT2D eigenvalue weighted by molar-refractivity contribution is 14.1. The van der Waals surface area contributed by atoms with Gasteiger partial charge < -0.3 is 5.11 Å². The van der Waals surface area contributed by atoms with E-state index < -0.39 is 5.60 Å². The summed E-state index contributed by atoms with van der Waals surface area (Å²) in [6.45, 7) is 0. The van der Waals surface area contributed by atoms with Crippen LogP contribution in [-0.2, 0) is 5.60 Å². The minimum atomic E-state index is -1.37. The second kappa shape index (κ2) is 5.88. The van der Waals surface area contributed by atoms with Gasteiger partial charge in [-0.05, 0) is 50.7 Å². The molecule has 0 heterocycles. The lowest BCUT2D eigenvalue weighted by molar-refractivity contribution is 0.102. The van der Waals surface area contributed by atoms with Crippen LogP contribution in [0.15, 0.2) is 78.9 Å². The van der Waals surface area contributed by atoms with Gasteiger partial charge in [0.1, 0.15) is 5.60 Å². The molecule has 0 fully saturated rings. The Kier molecular flexibility index (Phi) is 3.47. The van der Waals surface area contributed by atoms with Crippen LogP contribution in [0.5, 0.6) is 0 Å². The normalized spacial score (nSPS) is 18.8. The second-order valence-corrected chi connectivity index (χ2v) is 8.61. The first-order chi connectivity index (χ1) is 14.1. The monoisotopic (exact) mass is 486 g/mol. The van der Waals surface area contributed by atoms with Crippen molar-refractivity contribution in [2.75, 3.05) is 0 Å². The van der Waals surface area contributed by atoms with Crippen molar-refractivity contribution in [2.24, 2.45) is 0 Å². The fraction of sp³-hybridized carbons (Fsp3) is 0.0385. The average molecular weight is 486 g/mol. The molecule has 0 aliphatic heterocycles. The lowest BCUT2D eigenvalue weighted by Crippen LogP contribution is -2.29. The smallest absolute Gasteiger partial charge is 0.186 e. The Hall–Kier alpha value is -2.76. The number of benzene rings is 4. The first-order valence-electron chi connectivity index (χ1n) is 9.51. The van der Waals surface area contributed by atoms with Crippen LogP contribution in [-0.4, -0.2) is 10.9 Å². The number of carbonyl (C=O) groups is 1. The Labute approximate surface area is 181 Å². The first kappa shape index (κ1) is 17.1. The zero-order valence-corrected chi connectivity index (χ0v) is 17.5. The number of carbonyl (C=O) groups excluding carboxylic acids is 1. The number of hydrogen-bond acceptors (Lipinski definition) is 2. The van der Waals surface area contributed by atoms with E-state index in [-0.39, 0.29) is 5.78 Å². The molecule has 29 heavy (non-hydrogen) atoms. The number of rotatable bonds is 1. The summed E-state index contributed by atoms with van der Waals surface area (Å²) in [5.41, 5.74) is 4.54. The van der Waals surface area contributed by atoms with Crippen molar-refractivity contribution in [3.05, 3.63) is 110 Å². The molecule has 1 N–H and O–H groups in total. The highest BCUT2D eigenvalue weighted by Gasteiger charge is 2.47. The Morgan fingerprint density at radius 3 is 2.38 bits per heavy atom. The molecule has 4 aromatic carbocycles. The molecule has 0 unspecified atom stereocenters. The van der Waals surface area contributed by atoms with E-state index in [0.717, 1.165) is 42.2 Å². The molecule has 2 aliphatic rings. The van der Waals surface area contributed by atoms with E-state index in [4.69, 9.17) is 0 Å². The van der Waals surface area contributed by atoms with Crippen LogP contribution in [0.4, 0.5) is 0 Å². The van der Waals surface area contributed by atoms with Gasteiger partial charge in [-0.15, -0.1) is 0 Å². The number of fused-ring (bicyclic) bond motifs is 4. The van der Waals surface area contributed by atoms with Crippen molar-refractivity contribution in [3.63, 3.8) is 0 Å². The Balaban J connectivity index is 1.89. The molecule has 0 saturated heterocycles. The van der Waals surface area contributed by atoms with Crippen LogP contribution in [0.1, 0.15) is 32.6 Å². The van der Waals surface area contributed by atoms with Gasteiger partial charge in [-0.2, -0.15) is 0 Å². The topological polar surface area (TPSA) is 37.3 Å². The van der Waals surface area contributed by atoms with Crippen molar-refractivity contribution >= 4 is 45.2 Å². The molecule has 0 spiro atoms. The Morgan fingerprint density at radius 1 is 0.793 bits per heavy atom. The number of ketones is 1. The maximum absolute atomic E-state index is 13.2. The predicted molar refractivity (Wildman–Crippen MR) is 124 cm³/mol. The summed E-state index contributed by atoms with van der Waals surface area (Å²) in [5.74, 6) is -0.0523. The maximum Gasteiger partial charge on any atom is 0.186 e. The predicted octanol–water partition coefficient (Wildman–Crippen LogP) is 5.92. The van der Waals surface area contributed by atoms with Crippen LogP contribution >= 0.6 is 22.6 Å². The quantitative estimate of drug-likeness (QED) is 0.340. The van der Waals surface area contributed by atoms with Gasteiger partial charge >= 0.3 is 0 Å². The van der Waals surface area contributed by atoms with Crippen molar-refractivity contribution in [2.45, 2.75) is 5.60 Å². The van der Waals surface area contributed by atoms with E-state index in [2.05, 4.69) is 28.7 Å². The average Bonchev–Trinajstić information content (AvgIpc) is 3.04. The summed E-state index contributed by atoms with van der Waals surface area (Å²) in [6, 6.07) is 23.7. The van der Waals surface area contributed by atoms with E-state index in [9.17, 15) is 9.90 Å². The summed E-state index contributed by atoms with van der Waals surface area (Å²) in [4.78, 5) is 13.2. The number of aliphatic hydroxyl groups is 1. The molecule has 138 valence electrons. The molecule has 0 bridgehead atoms. The molecule has 3 heteroatoms. The van der Waals surface area contributed by atoms with E-state index >= 15 is 0 Å². The zero-order valence-electron chi connectivity index (χ0n) is 15.3. The zero-order chi connectivity index (χ0) is 19.8. The van der Waals surface area contributed by atoms with Gasteiger partial charge in [0.05, 0.1) is 0 Å². The standard InChI is InChI=1S/C26H15IO2/c27-25-18-11-6-7-15-13-14-20(28)23(21(15)18)24-22(25)17-10-4-5-12-19(17)26(24,29)16-8-2-1-3-9-16/h1-14,29H/t26-/m1/s1. The van der Waals surface area contributed by atoms with Gasteiger partial charge in [-0.3, -0.25) is 4.79 Å². The molecule has 6 rings (SSSR count). The van der Waals surface area contributed by atoms with Crippen LogP contribution in [0.25, 0.3) is 28.0 Å². The molecule has 4 aromatic rings. The molecule has 2 aliphatic carbocycles. The molecular formula is C26H15IO2. The molecular weight excluding hydrogens is 471 g/mol. The maximum atomic E-state index is 13.2. The first-order valence-corrected chi connectivity index (χ1v) is 10.6. The fourth-order valence-electron chi connectivity index (χ4n) is 4.91. The third-order valence-corrected chi connectivity index (χ3v) is 7.22. The van der Waals surface area contributed by atoms with Crippen molar-refractivity contribution in [3.8, 4) is 11.1 Å². The second-order valence-electron chi connectivity index (χ2n) is 7.53. The Bertz CT molecular complexity index is 1390. The van der Waals surface area contributed by atoms with Gasteiger partial charge in [-0.25, -0.2) is 0 Å². The largest absolute Gasteiger partial charge is 0.376 e. The molecule has 0 saturated carbocycles. The number of allylic oxidation sites excluding steroid dienone is 1. The van der Waals surface area contributed by atoms with Crippen molar-refractivity contribution in [1.82, 2.24) is 0 Å². The van der Waals surface area contributed by atoms with Gasteiger partial charge in [0.15, 0.2) is 5.78 Å². The summed E-state index contributed by atoms with van der Waals surface area (Å²) in [5, 5.41) is 14.3. The summed E-state index contributed by atoms with van der Waals surface area (Å²) in [7, 11) is 0. The summed E-state index contributed by atoms with van der Waals surface area (Å²) >= 11 is 2.37. The highest BCUT2D eigenvalue weighted by atomic mass is 127. The van der Waals surface area contributed by atoms with Gasteiger partial charge in [-0.1, -0.05) is 78.9 Å². The van der Waals surface area contributed by atoms with Crippen LogP contribution < -0.4 is 0 Å². The third-order valence-electron chi connectivity index (χ3n) is 6.10. The molecule has 0 radical (unpaired) electrons. The van der Waals surface area contributed by atoms with Gasteiger partial charge in [0.2, 0.25) is 0 Å². The van der Waals surface area contributed by atoms with E-state index in [1.165, 1.54) is 0 Å². The molecule has 2 nitrogen and oxygen atoms in total. The third kappa shape index (κ3) is 2.07. The molecule has 0 amide bonds.